The van der Waals surface area contributed by atoms with Crippen LogP contribution in [0.15, 0.2) is 60.7 Å². The molecule has 2 amide bonds. The molecule has 182 valence electrons. The Kier molecular flexibility index (Phi) is 8.06. The number of piperidine rings is 1. The van der Waals surface area contributed by atoms with Crippen molar-refractivity contribution in [3.63, 3.8) is 0 Å². The van der Waals surface area contributed by atoms with Gasteiger partial charge in [0, 0.05) is 13.1 Å². The molecule has 1 unspecified atom stereocenters. The SMILES string of the molecule is CC(C)(N)C(=O)NC(COCc1ccccc1)C(=O)N1CCC(C(=O)O)(c2ccccc2)CC1. The van der Waals surface area contributed by atoms with Gasteiger partial charge in [-0.1, -0.05) is 60.7 Å². The maximum Gasteiger partial charge on any atom is 0.314 e. The first-order valence-corrected chi connectivity index (χ1v) is 11.4. The summed E-state index contributed by atoms with van der Waals surface area (Å²) in [7, 11) is 0. The number of hydrogen-bond acceptors (Lipinski definition) is 5. The molecular weight excluding hydrogens is 434 g/mol. The van der Waals surface area contributed by atoms with E-state index < -0.39 is 28.9 Å². The van der Waals surface area contributed by atoms with Gasteiger partial charge in [0.05, 0.1) is 24.2 Å². The quantitative estimate of drug-likeness (QED) is 0.519. The van der Waals surface area contributed by atoms with Crippen LogP contribution in [0.25, 0.3) is 0 Å². The maximum absolute atomic E-state index is 13.4. The number of carbonyl (C=O) groups excluding carboxylic acids is 2. The Balaban J connectivity index is 1.70. The smallest absolute Gasteiger partial charge is 0.314 e. The number of likely N-dealkylation sites (tertiary alicyclic amines) is 1. The Morgan fingerprint density at radius 3 is 2.15 bits per heavy atom. The number of aliphatic carboxylic acids is 1. The predicted molar refractivity (Wildman–Crippen MR) is 128 cm³/mol. The van der Waals surface area contributed by atoms with Gasteiger partial charge in [-0.05, 0) is 37.8 Å². The van der Waals surface area contributed by atoms with Crippen molar-refractivity contribution < 1.29 is 24.2 Å². The fraction of sp³-hybridized carbons (Fsp3) is 0.423. The number of carbonyl (C=O) groups is 3. The van der Waals surface area contributed by atoms with Crippen LogP contribution in [0.2, 0.25) is 0 Å². The number of benzene rings is 2. The molecule has 1 atom stereocenters. The summed E-state index contributed by atoms with van der Waals surface area (Å²) in [6.07, 6.45) is 0.567. The Morgan fingerprint density at radius 1 is 1.06 bits per heavy atom. The summed E-state index contributed by atoms with van der Waals surface area (Å²) in [5.74, 6) is -1.67. The van der Waals surface area contributed by atoms with E-state index in [0.717, 1.165) is 11.1 Å². The van der Waals surface area contributed by atoms with Crippen LogP contribution in [0.4, 0.5) is 0 Å². The minimum atomic E-state index is -1.16. The highest BCUT2D eigenvalue weighted by Crippen LogP contribution is 2.36. The van der Waals surface area contributed by atoms with Gasteiger partial charge in [0.1, 0.15) is 6.04 Å². The highest BCUT2D eigenvalue weighted by molar-refractivity contribution is 5.92. The fourth-order valence-corrected chi connectivity index (χ4v) is 4.10. The van der Waals surface area contributed by atoms with E-state index in [2.05, 4.69) is 5.32 Å². The second-order valence-electron chi connectivity index (χ2n) is 9.33. The lowest BCUT2D eigenvalue weighted by atomic mass is 9.72. The normalized spacial score (nSPS) is 16.5. The standard InChI is InChI=1S/C26H33N3O5/c1-25(2,27)23(31)28-21(18-34-17-19-9-5-3-6-10-19)22(30)29-15-13-26(14-16-29,24(32)33)20-11-7-4-8-12-20/h3-12,21H,13-18,27H2,1-2H3,(H,28,31)(H,32,33). The van der Waals surface area contributed by atoms with E-state index in [4.69, 9.17) is 10.5 Å². The van der Waals surface area contributed by atoms with Gasteiger partial charge in [-0.2, -0.15) is 0 Å². The van der Waals surface area contributed by atoms with E-state index >= 15 is 0 Å². The number of nitrogens with one attached hydrogen (secondary N) is 1. The van der Waals surface area contributed by atoms with Crippen molar-refractivity contribution in [3.05, 3.63) is 71.8 Å². The molecule has 0 bridgehead atoms. The molecule has 1 aliphatic rings. The molecule has 4 N–H and O–H groups in total. The van der Waals surface area contributed by atoms with Crippen molar-refractivity contribution in [1.29, 1.82) is 0 Å². The maximum atomic E-state index is 13.4. The number of nitrogens with two attached hydrogens (primary N) is 1. The molecule has 1 fully saturated rings. The van der Waals surface area contributed by atoms with Gasteiger partial charge >= 0.3 is 5.97 Å². The molecule has 2 aromatic rings. The Morgan fingerprint density at radius 2 is 1.62 bits per heavy atom. The number of hydrogen-bond donors (Lipinski definition) is 3. The van der Waals surface area contributed by atoms with E-state index in [1.807, 2.05) is 60.7 Å². The van der Waals surface area contributed by atoms with Crippen LogP contribution in [0.5, 0.6) is 0 Å². The van der Waals surface area contributed by atoms with E-state index in [9.17, 15) is 19.5 Å². The third kappa shape index (κ3) is 6.01. The lowest BCUT2D eigenvalue weighted by molar-refractivity contribution is -0.149. The average molecular weight is 468 g/mol. The molecular formula is C26H33N3O5. The summed E-state index contributed by atoms with van der Waals surface area (Å²) in [4.78, 5) is 39.7. The zero-order chi connectivity index (χ0) is 24.8. The minimum absolute atomic E-state index is 0.0190. The van der Waals surface area contributed by atoms with E-state index in [0.29, 0.717) is 6.61 Å². The fourth-order valence-electron chi connectivity index (χ4n) is 4.10. The van der Waals surface area contributed by atoms with E-state index in [1.54, 1.807) is 18.7 Å². The molecule has 1 aliphatic heterocycles. The van der Waals surface area contributed by atoms with Crippen molar-refractivity contribution in [1.82, 2.24) is 10.2 Å². The van der Waals surface area contributed by atoms with Crippen LogP contribution < -0.4 is 11.1 Å². The summed E-state index contributed by atoms with van der Waals surface area (Å²) in [6.45, 7) is 3.93. The van der Waals surface area contributed by atoms with Crippen LogP contribution >= 0.6 is 0 Å². The Hall–Kier alpha value is -3.23. The van der Waals surface area contributed by atoms with Crippen LogP contribution in [0, 0.1) is 0 Å². The molecule has 0 aromatic heterocycles. The summed E-state index contributed by atoms with van der Waals surface area (Å²) >= 11 is 0. The predicted octanol–water partition coefficient (Wildman–Crippen LogP) is 2.07. The third-order valence-corrected chi connectivity index (χ3v) is 6.25. The number of carboxylic acid groups (broad SMARTS) is 1. The Labute approximate surface area is 200 Å². The van der Waals surface area contributed by atoms with Gasteiger partial charge < -0.3 is 25.8 Å². The van der Waals surface area contributed by atoms with Crippen LogP contribution in [0.3, 0.4) is 0 Å². The van der Waals surface area contributed by atoms with Crippen molar-refractivity contribution >= 4 is 17.8 Å². The van der Waals surface area contributed by atoms with Crippen molar-refractivity contribution in [2.45, 2.75) is 50.3 Å². The van der Waals surface area contributed by atoms with Crippen LogP contribution in [0.1, 0.15) is 37.8 Å². The van der Waals surface area contributed by atoms with Gasteiger partial charge in [-0.15, -0.1) is 0 Å². The molecule has 8 heteroatoms. The lowest BCUT2D eigenvalue weighted by Gasteiger charge is -2.40. The number of amides is 2. The number of ether oxygens (including phenoxy) is 1. The Bertz CT molecular complexity index is 981. The molecule has 2 aromatic carbocycles. The molecule has 0 spiro atoms. The number of nitrogens with zero attached hydrogens (tertiary/aromatic N) is 1. The monoisotopic (exact) mass is 467 g/mol. The number of carboxylic acids is 1. The van der Waals surface area contributed by atoms with Crippen LogP contribution in [-0.4, -0.2) is 59.1 Å². The second-order valence-corrected chi connectivity index (χ2v) is 9.33. The van der Waals surface area contributed by atoms with Crippen LogP contribution in [-0.2, 0) is 31.1 Å². The molecule has 34 heavy (non-hydrogen) atoms. The van der Waals surface area contributed by atoms with Crippen molar-refractivity contribution in [2.75, 3.05) is 19.7 Å². The highest BCUT2D eigenvalue weighted by Gasteiger charge is 2.44. The van der Waals surface area contributed by atoms with Crippen molar-refractivity contribution in [2.24, 2.45) is 5.73 Å². The molecule has 3 rings (SSSR count). The van der Waals surface area contributed by atoms with E-state index in [1.165, 1.54) is 0 Å². The second kappa shape index (κ2) is 10.8. The van der Waals surface area contributed by atoms with Gasteiger partial charge in [0.2, 0.25) is 11.8 Å². The molecule has 1 heterocycles. The molecule has 8 nitrogen and oxygen atoms in total. The number of rotatable bonds is 9. The largest absolute Gasteiger partial charge is 0.481 e. The van der Waals surface area contributed by atoms with Crippen molar-refractivity contribution in [3.8, 4) is 0 Å². The topological polar surface area (TPSA) is 122 Å². The summed E-state index contributed by atoms with van der Waals surface area (Å²) < 4.78 is 5.76. The van der Waals surface area contributed by atoms with Gasteiger partial charge in [0.15, 0.2) is 0 Å². The van der Waals surface area contributed by atoms with Gasteiger partial charge in [-0.3, -0.25) is 14.4 Å². The molecule has 0 saturated carbocycles. The molecule has 0 aliphatic carbocycles. The first-order valence-electron chi connectivity index (χ1n) is 11.4. The van der Waals surface area contributed by atoms with Gasteiger partial charge in [0.25, 0.3) is 0 Å². The average Bonchev–Trinajstić information content (AvgIpc) is 2.83. The third-order valence-electron chi connectivity index (χ3n) is 6.25. The highest BCUT2D eigenvalue weighted by atomic mass is 16.5. The van der Waals surface area contributed by atoms with Gasteiger partial charge in [-0.25, -0.2) is 0 Å². The lowest BCUT2D eigenvalue weighted by Crippen LogP contribution is -2.59. The molecule has 0 radical (unpaired) electrons. The summed E-state index contributed by atoms with van der Waals surface area (Å²) in [5, 5.41) is 12.7. The first-order chi connectivity index (χ1) is 16.1. The zero-order valence-electron chi connectivity index (χ0n) is 19.7. The minimum Gasteiger partial charge on any atom is -0.481 e. The van der Waals surface area contributed by atoms with E-state index in [-0.39, 0.29) is 38.4 Å². The first kappa shape index (κ1) is 25.4. The zero-order valence-corrected chi connectivity index (χ0v) is 19.7. The molecule has 1 saturated heterocycles. The summed E-state index contributed by atoms with van der Waals surface area (Å²) in [6, 6.07) is 17.7. The summed E-state index contributed by atoms with van der Waals surface area (Å²) in [5.41, 5.74) is 5.40.